The summed E-state index contributed by atoms with van der Waals surface area (Å²) in [5.41, 5.74) is 5.53. The van der Waals surface area contributed by atoms with Crippen molar-refractivity contribution in [3.8, 4) is 5.75 Å². The predicted molar refractivity (Wildman–Crippen MR) is 106 cm³/mol. The first-order valence-electron chi connectivity index (χ1n) is 8.34. The Kier molecular flexibility index (Phi) is 5.37. The van der Waals surface area contributed by atoms with E-state index in [4.69, 9.17) is 10.7 Å². The molecule has 25 heavy (non-hydrogen) atoms. The van der Waals surface area contributed by atoms with Crippen LogP contribution in [0.15, 0.2) is 79.4 Å². The third-order valence-electron chi connectivity index (χ3n) is 4.42. The molecule has 0 aliphatic rings. The number of nitrogens with two attached hydrogens (primary N) is 1. The Balaban J connectivity index is 2.22. The van der Waals surface area contributed by atoms with Crippen LogP contribution in [0.25, 0.3) is 6.08 Å². The van der Waals surface area contributed by atoms with Crippen LogP contribution in [0.2, 0.25) is 6.82 Å². The zero-order valence-corrected chi connectivity index (χ0v) is 14.4. The first-order valence-corrected chi connectivity index (χ1v) is 8.34. The maximum absolute atomic E-state index is 5.48. The van der Waals surface area contributed by atoms with Gasteiger partial charge >= 0.3 is 0 Å². The molecule has 0 fully saturated rings. The van der Waals surface area contributed by atoms with Gasteiger partial charge in [0.25, 0.3) is 0 Å². The first kappa shape index (κ1) is 17.1. The molecule has 0 bridgehead atoms. The number of rotatable bonds is 6. The van der Waals surface area contributed by atoms with E-state index in [1.165, 1.54) is 16.7 Å². The second-order valence-corrected chi connectivity index (χ2v) is 5.89. The molecule has 0 heterocycles. The van der Waals surface area contributed by atoms with Crippen LogP contribution in [0.3, 0.4) is 0 Å². The summed E-state index contributed by atoms with van der Waals surface area (Å²) in [5, 5.41) is 0. The monoisotopic (exact) mass is 326 g/mol. The predicted octanol–water partition coefficient (Wildman–Crippen LogP) is 4.14. The summed E-state index contributed by atoms with van der Waals surface area (Å²) in [6.45, 7) is 5.89. The minimum Gasteiger partial charge on any atom is -0.411 e. The van der Waals surface area contributed by atoms with Crippen LogP contribution in [0.4, 0.5) is 0 Å². The van der Waals surface area contributed by atoms with E-state index in [-0.39, 0.29) is 5.92 Å². The fourth-order valence-corrected chi connectivity index (χ4v) is 3.24. The summed E-state index contributed by atoms with van der Waals surface area (Å²) in [6.07, 6.45) is 1.78. The average molecular weight is 326 g/mol. The van der Waals surface area contributed by atoms with Gasteiger partial charge in [-0.3, -0.25) is 0 Å². The Morgan fingerprint density at radius 2 is 1.48 bits per heavy atom. The van der Waals surface area contributed by atoms with Gasteiger partial charge in [-0.25, -0.2) is 0 Å². The van der Waals surface area contributed by atoms with Crippen LogP contribution in [0, 0.1) is 0 Å². The molecule has 0 saturated heterocycles. The van der Waals surface area contributed by atoms with Crippen LogP contribution in [0.1, 0.15) is 28.2 Å². The van der Waals surface area contributed by atoms with Gasteiger partial charge in [-0.05, 0) is 28.2 Å². The van der Waals surface area contributed by atoms with E-state index in [2.05, 4.69) is 67.2 Å². The lowest BCUT2D eigenvalue weighted by atomic mass is 9.70. The Hall–Kier alpha value is -2.78. The number of benzene rings is 3. The zero-order valence-electron chi connectivity index (χ0n) is 14.4. The van der Waals surface area contributed by atoms with Crippen molar-refractivity contribution in [3.63, 3.8) is 0 Å². The van der Waals surface area contributed by atoms with Crippen molar-refractivity contribution in [2.45, 2.75) is 12.7 Å². The van der Waals surface area contributed by atoms with E-state index in [0.29, 0.717) is 5.75 Å². The maximum Gasteiger partial charge on any atom is 0.153 e. The summed E-state index contributed by atoms with van der Waals surface area (Å²) < 4.78 is 0. The highest BCUT2D eigenvalue weighted by Gasteiger charge is 2.19. The Bertz CT molecular complexity index is 807. The van der Waals surface area contributed by atoms with E-state index in [9.17, 15) is 0 Å². The Morgan fingerprint density at radius 1 is 0.920 bits per heavy atom. The fourth-order valence-electron chi connectivity index (χ4n) is 3.24. The van der Waals surface area contributed by atoms with Gasteiger partial charge in [0.05, 0.1) is 0 Å². The minimum absolute atomic E-state index is 0.131. The molecular formula is C22H21BNO. The van der Waals surface area contributed by atoms with Crippen molar-refractivity contribution in [3.05, 3.63) is 102 Å². The summed E-state index contributed by atoms with van der Waals surface area (Å²) in [6, 6.07) is 25.3. The molecule has 2 N–H and O–H groups in total. The molecule has 3 aromatic rings. The molecular weight excluding hydrogens is 305 g/mol. The average Bonchev–Trinajstić information content (AvgIpc) is 2.69. The van der Waals surface area contributed by atoms with E-state index in [1.54, 1.807) is 6.08 Å². The lowest BCUT2D eigenvalue weighted by Gasteiger charge is -2.21. The van der Waals surface area contributed by atoms with Crippen LogP contribution < -0.4 is 16.2 Å². The molecule has 0 unspecified atom stereocenters. The summed E-state index contributed by atoms with van der Waals surface area (Å²) >= 11 is 0. The standard InChI is InChI=1S/C22H21BNO/c1-3-16-14-19(15-20(23-2)22(16)25-24)21(17-10-6-4-7-11-17)18-12-8-5-9-13-18/h3-15,21H,1,24H2,2H3. The SMILES string of the molecule is C=Cc1cc(C(c2ccccc2)c2ccccc2)cc([B]C)c1ON. The normalized spacial score (nSPS) is 10.5. The lowest BCUT2D eigenvalue weighted by Crippen LogP contribution is -2.21. The highest BCUT2D eigenvalue weighted by atomic mass is 16.6. The summed E-state index contributed by atoms with van der Waals surface area (Å²) in [4.78, 5) is 5.10. The van der Waals surface area contributed by atoms with Gasteiger partial charge in [-0.1, -0.05) is 86.2 Å². The van der Waals surface area contributed by atoms with E-state index < -0.39 is 0 Å². The lowest BCUT2D eigenvalue weighted by molar-refractivity contribution is 0.336. The van der Waals surface area contributed by atoms with Crippen molar-refractivity contribution < 1.29 is 4.84 Å². The molecule has 2 nitrogen and oxygen atoms in total. The molecule has 0 amide bonds. The summed E-state index contributed by atoms with van der Waals surface area (Å²) in [5.74, 6) is 6.27. The minimum atomic E-state index is 0.131. The van der Waals surface area contributed by atoms with Crippen molar-refractivity contribution in [2.75, 3.05) is 0 Å². The van der Waals surface area contributed by atoms with Gasteiger partial charge in [-0.15, -0.1) is 0 Å². The zero-order chi connectivity index (χ0) is 17.6. The molecule has 0 spiro atoms. The van der Waals surface area contributed by atoms with Gasteiger partial charge in [0.15, 0.2) is 7.28 Å². The molecule has 0 aliphatic heterocycles. The quantitative estimate of drug-likeness (QED) is 0.420. The first-order chi connectivity index (χ1) is 12.3. The largest absolute Gasteiger partial charge is 0.411 e. The van der Waals surface area contributed by atoms with E-state index in [0.717, 1.165) is 11.0 Å². The summed E-state index contributed by atoms with van der Waals surface area (Å²) in [7, 11) is 2.01. The van der Waals surface area contributed by atoms with Crippen LogP contribution in [-0.4, -0.2) is 7.28 Å². The number of hydrogen-bond donors (Lipinski definition) is 1. The van der Waals surface area contributed by atoms with Crippen molar-refractivity contribution in [1.82, 2.24) is 0 Å². The maximum atomic E-state index is 5.48. The van der Waals surface area contributed by atoms with Gasteiger partial charge in [0.1, 0.15) is 5.75 Å². The van der Waals surface area contributed by atoms with E-state index in [1.807, 2.05) is 26.2 Å². The molecule has 3 rings (SSSR count). The molecule has 0 aliphatic carbocycles. The second-order valence-electron chi connectivity index (χ2n) is 5.89. The van der Waals surface area contributed by atoms with Crippen LogP contribution in [0.5, 0.6) is 5.75 Å². The van der Waals surface area contributed by atoms with Crippen molar-refractivity contribution in [1.29, 1.82) is 0 Å². The van der Waals surface area contributed by atoms with Crippen molar-refractivity contribution >= 4 is 18.8 Å². The molecule has 0 aromatic heterocycles. The van der Waals surface area contributed by atoms with E-state index >= 15 is 0 Å². The van der Waals surface area contributed by atoms with Crippen LogP contribution in [-0.2, 0) is 0 Å². The Morgan fingerprint density at radius 3 is 1.92 bits per heavy atom. The number of hydrogen-bond acceptors (Lipinski definition) is 2. The fraction of sp³-hybridized carbons (Fsp3) is 0.0909. The molecule has 3 heteroatoms. The van der Waals surface area contributed by atoms with Gasteiger partial charge < -0.3 is 4.84 Å². The van der Waals surface area contributed by atoms with Gasteiger partial charge in [0, 0.05) is 11.5 Å². The second kappa shape index (κ2) is 7.86. The Labute approximate surface area is 150 Å². The highest BCUT2D eigenvalue weighted by Crippen LogP contribution is 2.33. The third-order valence-corrected chi connectivity index (χ3v) is 4.42. The highest BCUT2D eigenvalue weighted by molar-refractivity contribution is 6.53. The van der Waals surface area contributed by atoms with Crippen molar-refractivity contribution in [2.24, 2.45) is 5.90 Å². The molecule has 3 aromatic carbocycles. The molecule has 0 atom stereocenters. The molecule has 1 radical (unpaired) electrons. The third kappa shape index (κ3) is 3.52. The van der Waals surface area contributed by atoms with Gasteiger partial charge in [-0.2, -0.15) is 5.90 Å². The molecule has 123 valence electrons. The topological polar surface area (TPSA) is 35.2 Å². The van der Waals surface area contributed by atoms with Gasteiger partial charge in [0.2, 0.25) is 0 Å². The molecule has 0 saturated carbocycles. The smallest absolute Gasteiger partial charge is 0.153 e. The van der Waals surface area contributed by atoms with Crippen LogP contribution >= 0.6 is 0 Å².